The van der Waals surface area contributed by atoms with Crippen LogP contribution in [0.5, 0.6) is 0 Å². The maximum Gasteiger partial charge on any atom is 0.266 e. The largest absolute Gasteiger partial charge is 0.321 e. The van der Waals surface area contributed by atoms with Gasteiger partial charge >= 0.3 is 0 Å². The van der Waals surface area contributed by atoms with Crippen molar-refractivity contribution in [3.05, 3.63) is 70.5 Å². The van der Waals surface area contributed by atoms with E-state index in [9.17, 15) is 4.79 Å². The summed E-state index contributed by atoms with van der Waals surface area (Å²) in [7, 11) is 0. The van der Waals surface area contributed by atoms with Gasteiger partial charge in [0.1, 0.15) is 4.70 Å². The van der Waals surface area contributed by atoms with Crippen LogP contribution in [0.3, 0.4) is 0 Å². The van der Waals surface area contributed by atoms with Crippen LogP contribution in [0.1, 0.15) is 5.56 Å². The highest BCUT2D eigenvalue weighted by Crippen LogP contribution is 2.39. The van der Waals surface area contributed by atoms with Crippen LogP contribution in [0.2, 0.25) is 0 Å². The Bertz CT molecular complexity index is 1290. The van der Waals surface area contributed by atoms with Crippen LogP contribution in [-0.2, 0) is 0 Å². The Kier molecular flexibility index (Phi) is 2.48. The van der Waals surface area contributed by atoms with Crippen molar-refractivity contribution in [2.45, 2.75) is 6.92 Å². The van der Waals surface area contributed by atoms with Gasteiger partial charge in [-0.3, -0.25) is 4.79 Å². The minimum absolute atomic E-state index is 0.00151. The first-order valence-corrected chi connectivity index (χ1v) is 8.40. The average Bonchev–Trinajstić information content (AvgIpc) is 2.97. The van der Waals surface area contributed by atoms with Crippen molar-refractivity contribution in [2.75, 3.05) is 0 Å². The Morgan fingerprint density at radius 2 is 1.78 bits per heavy atom. The molecule has 0 saturated heterocycles. The van der Waals surface area contributed by atoms with Crippen molar-refractivity contribution >= 4 is 53.2 Å². The second-order valence-electron chi connectivity index (χ2n) is 5.97. The standard InChI is InChI=1S/C20H13NOS/c1-11-6-8-15-14(10-11)18-17-13-5-3-2-4-12(13)7-9-16(17)23-19(18)20(22)21-15/h2-10H,1H3,(H,21,22). The summed E-state index contributed by atoms with van der Waals surface area (Å²) in [6.45, 7) is 2.09. The number of H-pyrrole nitrogens is 1. The van der Waals surface area contributed by atoms with Crippen LogP contribution in [0.25, 0.3) is 41.8 Å². The zero-order valence-electron chi connectivity index (χ0n) is 12.5. The van der Waals surface area contributed by atoms with E-state index in [1.165, 1.54) is 26.4 Å². The topological polar surface area (TPSA) is 32.9 Å². The third kappa shape index (κ3) is 1.71. The Morgan fingerprint density at radius 1 is 0.913 bits per heavy atom. The van der Waals surface area contributed by atoms with Gasteiger partial charge in [-0.25, -0.2) is 0 Å². The first-order chi connectivity index (χ1) is 11.2. The molecule has 2 heterocycles. The van der Waals surface area contributed by atoms with Crippen LogP contribution in [0, 0.1) is 6.92 Å². The van der Waals surface area contributed by atoms with E-state index in [1.54, 1.807) is 11.3 Å². The molecule has 3 heteroatoms. The number of aryl methyl sites for hydroxylation is 1. The van der Waals surface area contributed by atoms with Crippen molar-refractivity contribution in [3.8, 4) is 0 Å². The van der Waals surface area contributed by atoms with E-state index in [2.05, 4.69) is 54.4 Å². The highest BCUT2D eigenvalue weighted by Gasteiger charge is 2.14. The summed E-state index contributed by atoms with van der Waals surface area (Å²) in [6, 6.07) is 18.9. The lowest BCUT2D eigenvalue weighted by Gasteiger charge is -2.04. The molecule has 0 amide bonds. The number of hydrogen-bond acceptors (Lipinski definition) is 2. The van der Waals surface area contributed by atoms with E-state index in [0.717, 1.165) is 21.0 Å². The molecule has 5 rings (SSSR count). The maximum atomic E-state index is 12.5. The number of aromatic nitrogens is 1. The number of thiophene rings is 1. The van der Waals surface area contributed by atoms with Crippen molar-refractivity contribution < 1.29 is 0 Å². The third-order valence-electron chi connectivity index (χ3n) is 4.48. The predicted octanol–water partition coefficient (Wildman–Crippen LogP) is 5.36. The second kappa shape index (κ2) is 4.43. The fraction of sp³-hybridized carbons (Fsp3) is 0.0500. The molecule has 5 aromatic rings. The van der Waals surface area contributed by atoms with Crippen LogP contribution in [-0.4, -0.2) is 4.98 Å². The number of hydrogen-bond donors (Lipinski definition) is 1. The zero-order chi connectivity index (χ0) is 15.6. The van der Waals surface area contributed by atoms with Gasteiger partial charge in [0.05, 0.1) is 0 Å². The molecule has 0 aliphatic heterocycles. The van der Waals surface area contributed by atoms with Crippen molar-refractivity contribution in [3.63, 3.8) is 0 Å². The van der Waals surface area contributed by atoms with Crippen molar-refractivity contribution in [1.29, 1.82) is 0 Å². The molecule has 0 bridgehead atoms. The number of benzene rings is 3. The summed E-state index contributed by atoms with van der Waals surface area (Å²) >= 11 is 1.58. The third-order valence-corrected chi connectivity index (χ3v) is 5.63. The van der Waals surface area contributed by atoms with Crippen LogP contribution >= 0.6 is 11.3 Å². The molecule has 3 aromatic carbocycles. The van der Waals surface area contributed by atoms with Crippen molar-refractivity contribution in [2.24, 2.45) is 0 Å². The lowest BCUT2D eigenvalue weighted by atomic mass is 10.0. The summed E-state index contributed by atoms with van der Waals surface area (Å²) in [6.07, 6.45) is 0. The van der Waals surface area contributed by atoms with Gasteiger partial charge in [0, 0.05) is 26.4 Å². The highest BCUT2D eigenvalue weighted by atomic mass is 32.1. The molecule has 2 aromatic heterocycles. The average molecular weight is 315 g/mol. The Morgan fingerprint density at radius 3 is 2.70 bits per heavy atom. The van der Waals surface area contributed by atoms with Gasteiger partial charge in [-0.2, -0.15) is 0 Å². The number of aromatic amines is 1. The van der Waals surface area contributed by atoms with Gasteiger partial charge in [-0.05, 0) is 35.9 Å². The zero-order valence-corrected chi connectivity index (χ0v) is 13.3. The Hall–Kier alpha value is -2.65. The quantitative estimate of drug-likeness (QED) is 0.410. The Balaban J connectivity index is 2.20. The van der Waals surface area contributed by atoms with Crippen LogP contribution in [0.4, 0.5) is 0 Å². The molecule has 0 unspecified atom stereocenters. The molecule has 1 N–H and O–H groups in total. The molecule has 0 spiro atoms. The molecule has 0 fully saturated rings. The molecular weight excluding hydrogens is 302 g/mol. The van der Waals surface area contributed by atoms with Gasteiger partial charge in [-0.15, -0.1) is 11.3 Å². The molecule has 23 heavy (non-hydrogen) atoms. The molecule has 0 atom stereocenters. The number of fused-ring (bicyclic) bond motifs is 7. The second-order valence-corrected chi connectivity index (χ2v) is 7.02. The minimum Gasteiger partial charge on any atom is -0.321 e. The van der Waals surface area contributed by atoms with Gasteiger partial charge in [0.25, 0.3) is 5.56 Å². The number of pyridine rings is 1. The fourth-order valence-electron chi connectivity index (χ4n) is 3.44. The lowest BCUT2D eigenvalue weighted by molar-refractivity contribution is 1.35. The van der Waals surface area contributed by atoms with E-state index in [0.29, 0.717) is 0 Å². The van der Waals surface area contributed by atoms with Crippen molar-refractivity contribution in [1.82, 2.24) is 4.98 Å². The summed E-state index contributed by atoms with van der Waals surface area (Å²) < 4.78 is 1.98. The summed E-state index contributed by atoms with van der Waals surface area (Å²) in [5.74, 6) is 0. The first kappa shape index (κ1) is 12.9. The number of rotatable bonds is 0. The fourth-order valence-corrected chi connectivity index (χ4v) is 4.57. The summed E-state index contributed by atoms with van der Waals surface area (Å²) in [5, 5.41) is 5.83. The van der Waals surface area contributed by atoms with E-state index in [-0.39, 0.29) is 5.56 Å². The van der Waals surface area contributed by atoms with Crippen LogP contribution < -0.4 is 5.56 Å². The molecule has 2 nitrogen and oxygen atoms in total. The monoisotopic (exact) mass is 315 g/mol. The normalized spacial score (nSPS) is 11.9. The Labute approximate surface area is 136 Å². The van der Waals surface area contributed by atoms with Gasteiger partial charge < -0.3 is 4.98 Å². The van der Waals surface area contributed by atoms with E-state index in [4.69, 9.17) is 0 Å². The van der Waals surface area contributed by atoms with E-state index < -0.39 is 0 Å². The molecule has 0 radical (unpaired) electrons. The molecular formula is C20H13NOS. The maximum absolute atomic E-state index is 12.5. The summed E-state index contributed by atoms with van der Waals surface area (Å²) in [5.41, 5.74) is 2.10. The van der Waals surface area contributed by atoms with Gasteiger partial charge in [0.2, 0.25) is 0 Å². The molecule has 0 aliphatic rings. The molecule has 0 aliphatic carbocycles. The summed E-state index contributed by atoms with van der Waals surface area (Å²) in [4.78, 5) is 15.6. The highest BCUT2D eigenvalue weighted by molar-refractivity contribution is 7.26. The van der Waals surface area contributed by atoms with Gasteiger partial charge in [0.15, 0.2) is 0 Å². The van der Waals surface area contributed by atoms with Crippen LogP contribution in [0.15, 0.2) is 59.4 Å². The molecule has 110 valence electrons. The SMILES string of the molecule is Cc1ccc2[nH]c(=O)c3sc4ccc5ccccc5c4c3c2c1. The smallest absolute Gasteiger partial charge is 0.266 e. The van der Waals surface area contributed by atoms with E-state index in [1.807, 2.05) is 12.1 Å². The van der Waals surface area contributed by atoms with E-state index >= 15 is 0 Å². The molecule has 0 saturated carbocycles. The number of nitrogens with one attached hydrogen (secondary N) is 1. The lowest BCUT2D eigenvalue weighted by Crippen LogP contribution is -2.04. The first-order valence-electron chi connectivity index (χ1n) is 7.59. The van der Waals surface area contributed by atoms with Gasteiger partial charge in [-0.1, -0.05) is 42.0 Å². The minimum atomic E-state index is 0.00151. The predicted molar refractivity (Wildman–Crippen MR) is 99.7 cm³/mol.